The van der Waals surface area contributed by atoms with Gasteiger partial charge in [-0.3, -0.25) is 4.79 Å². The second-order valence-corrected chi connectivity index (χ2v) is 7.96. The number of fused-ring (bicyclic) bond motifs is 4. The summed E-state index contributed by atoms with van der Waals surface area (Å²) in [6, 6.07) is 13.5. The number of carbonyl (C=O) groups is 1. The van der Waals surface area contributed by atoms with Gasteiger partial charge in [0.15, 0.2) is 12.4 Å². The number of ether oxygens (including phenoxy) is 1. The van der Waals surface area contributed by atoms with Crippen LogP contribution in [0.3, 0.4) is 0 Å². The molecule has 152 valence electrons. The topological polar surface area (TPSA) is 55.4 Å². The summed E-state index contributed by atoms with van der Waals surface area (Å²) < 4.78 is 13.5. The fourth-order valence-corrected chi connectivity index (χ4v) is 4.32. The highest BCUT2D eigenvalue weighted by atomic mass is 16.5. The number of nitrogens with one attached hydrogen (secondary N) is 1. The zero-order valence-corrected chi connectivity index (χ0v) is 17.3. The van der Waals surface area contributed by atoms with Crippen molar-refractivity contribution in [3.8, 4) is 5.75 Å². The van der Waals surface area contributed by atoms with E-state index in [-0.39, 0.29) is 11.9 Å². The fraction of sp³-hybridized carbons (Fsp3) is 0.280. The molecule has 1 aliphatic rings. The summed E-state index contributed by atoms with van der Waals surface area (Å²) in [5.41, 5.74) is 4.91. The van der Waals surface area contributed by atoms with Gasteiger partial charge in [0.1, 0.15) is 16.9 Å². The molecule has 5 rings (SSSR count). The predicted octanol–water partition coefficient (Wildman–Crippen LogP) is 4.96. The van der Waals surface area contributed by atoms with Gasteiger partial charge in [0.2, 0.25) is 6.04 Å². The molecule has 4 aromatic rings. The minimum atomic E-state index is -0.340. The third-order valence-corrected chi connectivity index (χ3v) is 6.09. The predicted molar refractivity (Wildman–Crippen MR) is 117 cm³/mol. The van der Waals surface area contributed by atoms with Crippen LogP contribution in [0, 0.1) is 0 Å². The molecule has 2 heterocycles. The van der Waals surface area contributed by atoms with Crippen molar-refractivity contribution in [3.05, 3.63) is 66.0 Å². The Morgan fingerprint density at radius 2 is 1.87 bits per heavy atom. The summed E-state index contributed by atoms with van der Waals surface area (Å²) in [7, 11) is 1.61. The molecule has 5 heteroatoms. The average Bonchev–Trinajstić information content (AvgIpc) is 3.15. The van der Waals surface area contributed by atoms with E-state index >= 15 is 0 Å². The molecule has 0 saturated carbocycles. The molecule has 0 bridgehead atoms. The first-order valence-electron chi connectivity index (χ1n) is 10.5. The van der Waals surface area contributed by atoms with Crippen molar-refractivity contribution < 1.29 is 18.5 Å². The Morgan fingerprint density at radius 1 is 1.07 bits per heavy atom. The number of aryl methyl sites for hydroxylation is 2. The molecule has 1 aliphatic carbocycles. The van der Waals surface area contributed by atoms with E-state index in [1.807, 2.05) is 54.1 Å². The van der Waals surface area contributed by atoms with Crippen molar-refractivity contribution in [2.45, 2.75) is 38.6 Å². The van der Waals surface area contributed by atoms with Crippen LogP contribution in [0.5, 0.6) is 5.75 Å². The lowest BCUT2D eigenvalue weighted by Gasteiger charge is -2.16. The molecule has 0 saturated heterocycles. The third kappa shape index (κ3) is 3.20. The SMILES string of the molecule is COc1cc2c(cc1NC(=O)[C@H](C)[n+]1ccc3c(c1)CCCC3)oc1ccccc12. The molecule has 5 nitrogen and oxygen atoms in total. The maximum atomic E-state index is 13.0. The van der Waals surface area contributed by atoms with E-state index in [2.05, 4.69) is 17.6 Å². The number of rotatable bonds is 4. The van der Waals surface area contributed by atoms with Crippen LogP contribution in [0.4, 0.5) is 5.69 Å². The van der Waals surface area contributed by atoms with Gasteiger partial charge in [-0.2, -0.15) is 4.57 Å². The van der Waals surface area contributed by atoms with Crippen molar-refractivity contribution in [1.29, 1.82) is 0 Å². The van der Waals surface area contributed by atoms with Gasteiger partial charge in [-0.05, 0) is 43.4 Å². The molecule has 1 amide bonds. The van der Waals surface area contributed by atoms with Crippen molar-refractivity contribution in [3.63, 3.8) is 0 Å². The Bertz CT molecular complexity index is 1260. The summed E-state index contributed by atoms with van der Waals surface area (Å²) in [5.74, 6) is 0.523. The Morgan fingerprint density at radius 3 is 2.70 bits per heavy atom. The number of methoxy groups -OCH3 is 1. The van der Waals surface area contributed by atoms with Gasteiger partial charge >= 0.3 is 0 Å². The smallest absolute Gasteiger partial charge is 0.293 e. The lowest BCUT2D eigenvalue weighted by atomic mass is 9.93. The van der Waals surface area contributed by atoms with Crippen LogP contribution < -0.4 is 14.6 Å². The molecular formula is C25H25N2O3+. The highest BCUT2D eigenvalue weighted by molar-refractivity contribution is 6.07. The van der Waals surface area contributed by atoms with Gasteiger partial charge in [-0.1, -0.05) is 18.2 Å². The Kier molecular flexibility index (Phi) is 4.66. The average molecular weight is 401 g/mol. The summed E-state index contributed by atoms with van der Waals surface area (Å²) >= 11 is 0. The van der Waals surface area contributed by atoms with E-state index in [4.69, 9.17) is 9.15 Å². The van der Waals surface area contributed by atoms with Gasteiger partial charge in [-0.15, -0.1) is 0 Å². The fourth-order valence-electron chi connectivity index (χ4n) is 4.32. The number of nitrogens with zero attached hydrogens (tertiary/aromatic N) is 1. The number of hydrogen-bond donors (Lipinski definition) is 1. The molecular weight excluding hydrogens is 376 g/mol. The first-order chi connectivity index (χ1) is 14.6. The Hall–Kier alpha value is -3.34. The van der Waals surface area contributed by atoms with Crippen molar-refractivity contribution >= 4 is 33.5 Å². The molecule has 0 spiro atoms. The van der Waals surface area contributed by atoms with Crippen LogP contribution in [0.15, 0.2) is 59.3 Å². The van der Waals surface area contributed by atoms with E-state index in [1.54, 1.807) is 7.11 Å². The third-order valence-electron chi connectivity index (χ3n) is 6.09. The second kappa shape index (κ2) is 7.48. The number of para-hydroxylation sites is 1. The zero-order chi connectivity index (χ0) is 20.7. The van der Waals surface area contributed by atoms with Gasteiger partial charge in [-0.25, -0.2) is 0 Å². The number of hydrogen-bond acceptors (Lipinski definition) is 3. The Labute approximate surface area is 175 Å². The lowest BCUT2D eigenvalue weighted by Crippen LogP contribution is -2.44. The maximum Gasteiger partial charge on any atom is 0.293 e. The normalized spacial score (nSPS) is 14.5. The van der Waals surface area contributed by atoms with Gasteiger partial charge in [0.05, 0.1) is 12.8 Å². The van der Waals surface area contributed by atoms with Gasteiger partial charge in [0, 0.05) is 35.4 Å². The van der Waals surface area contributed by atoms with Crippen molar-refractivity contribution in [2.75, 3.05) is 12.4 Å². The van der Waals surface area contributed by atoms with Crippen LogP contribution in [0.2, 0.25) is 0 Å². The van der Waals surface area contributed by atoms with Crippen LogP contribution in [0.25, 0.3) is 21.9 Å². The molecule has 1 atom stereocenters. The quantitative estimate of drug-likeness (QED) is 0.492. The van der Waals surface area contributed by atoms with E-state index in [1.165, 1.54) is 24.0 Å². The highest BCUT2D eigenvalue weighted by Gasteiger charge is 2.25. The summed E-state index contributed by atoms with van der Waals surface area (Å²) in [5, 5.41) is 5.03. The summed E-state index contributed by atoms with van der Waals surface area (Å²) in [6.07, 6.45) is 8.81. The summed E-state index contributed by atoms with van der Waals surface area (Å²) in [4.78, 5) is 13.0. The van der Waals surface area contributed by atoms with Crippen LogP contribution in [-0.4, -0.2) is 13.0 Å². The lowest BCUT2D eigenvalue weighted by molar-refractivity contribution is -0.706. The highest BCUT2D eigenvalue weighted by Crippen LogP contribution is 2.36. The molecule has 0 unspecified atom stereocenters. The molecule has 2 aromatic heterocycles. The minimum absolute atomic E-state index is 0.0930. The number of carbonyl (C=O) groups excluding carboxylic acids is 1. The molecule has 1 N–H and O–H groups in total. The first-order valence-corrected chi connectivity index (χ1v) is 10.5. The second-order valence-electron chi connectivity index (χ2n) is 7.96. The standard InChI is InChI=1S/C25H24N2O3/c1-16(27-12-11-17-7-3-4-8-18(17)15-27)25(28)26-21-14-23-20(13-24(21)29-2)19-9-5-6-10-22(19)30-23/h5-6,9-16H,3-4,7-8H2,1-2H3/p+1/t16-/m0/s1. The summed E-state index contributed by atoms with van der Waals surface area (Å²) in [6.45, 7) is 1.91. The molecule has 0 radical (unpaired) electrons. The molecule has 0 aliphatic heterocycles. The number of pyridine rings is 1. The van der Waals surface area contributed by atoms with E-state index in [0.717, 1.165) is 34.8 Å². The largest absolute Gasteiger partial charge is 0.495 e. The van der Waals surface area contributed by atoms with Gasteiger partial charge in [0.25, 0.3) is 5.91 Å². The molecule has 2 aromatic carbocycles. The monoisotopic (exact) mass is 401 g/mol. The maximum absolute atomic E-state index is 13.0. The van der Waals surface area contributed by atoms with Crippen LogP contribution in [-0.2, 0) is 17.6 Å². The van der Waals surface area contributed by atoms with E-state index in [0.29, 0.717) is 11.4 Å². The van der Waals surface area contributed by atoms with E-state index in [9.17, 15) is 4.79 Å². The minimum Gasteiger partial charge on any atom is -0.495 e. The number of anilines is 1. The van der Waals surface area contributed by atoms with Gasteiger partial charge < -0.3 is 14.5 Å². The molecule has 0 fully saturated rings. The number of aromatic nitrogens is 1. The van der Waals surface area contributed by atoms with E-state index < -0.39 is 0 Å². The number of amides is 1. The van der Waals surface area contributed by atoms with Crippen molar-refractivity contribution in [1.82, 2.24) is 0 Å². The van der Waals surface area contributed by atoms with Crippen LogP contribution in [0.1, 0.15) is 36.9 Å². The number of benzene rings is 2. The molecule has 30 heavy (non-hydrogen) atoms. The van der Waals surface area contributed by atoms with Crippen LogP contribution >= 0.6 is 0 Å². The van der Waals surface area contributed by atoms with Crippen molar-refractivity contribution in [2.24, 2.45) is 0 Å². The number of furan rings is 1. The first kappa shape index (κ1) is 18.7. The zero-order valence-electron chi connectivity index (χ0n) is 17.3. The Balaban J connectivity index is 1.45.